The van der Waals surface area contributed by atoms with Gasteiger partial charge in [0.2, 0.25) is 0 Å². The molecule has 0 spiro atoms. The topological polar surface area (TPSA) is 54.8 Å². The minimum Gasteiger partial charge on any atom is -0.359 e. The summed E-state index contributed by atoms with van der Waals surface area (Å²) in [5.41, 5.74) is 3.29. The zero-order chi connectivity index (χ0) is 17.3. The second-order valence-electron chi connectivity index (χ2n) is 6.85. The van der Waals surface area contributed by atoms with Crippen molar-refractivity contribution in [2.75, 3.05) is 0 Å². The van der Waals surface area contributed by atoms with E-state index in [9.17, 15) is 0 Å². The van der Waals surface area contributed by atoms with E-state index in [-0.39, 0.29) is 5.54 Å². The lowest BCUT2D eigenvalue weighted by molar-refractivity contribution is 0.243. The van der Waals surface area contributed by atoms with Crippen molar-refractivity contribution in [3.05, 3.63) is 54.5 Å². The molecule has 1 aliphatic carbocycles. The van der Waals surface area contributed by atoms with Gasteiger partial charge in [0.15, 0.2) is 5.11 Å². The predicted molar refractivity (Wildman–Crippen MR) is 104 cm³/mol. The van der Waals surface area contributed by atoms with Crippen molar-refractivity contribution >= 4 is 28.4 Å². The van der Waals surface area contributed by atoms with Gasteiger partial charge >= 0.3 is 0 Å². The highest BCUT2D eigenvalue weighted by Gasteiger charge is 2.31. The number of thiocarbonyl (C=S) groups is 1. The van der Waals surface area contributed by atoms with Gasteiger partial charge in [-0.3, -0.25) is 4.57 Å². The maximum atomic E-state index is 5.39. The summed E-state index contributed by atoms with van der Waals surface area (Å²) in [6.45, 7) is 2.89. The van der Waals surface area contributed by atoms with E-state index >= 15 is 0 Å². The highest BCUT2D eigenvalue weighted by atomic mass is 32.1. The second kappa shape index (κ2) is 6.44. The summed E-state index contributed by atoms with van der Waals surface area (Å²) in [6, 6.07) is 12.1. The van der Waals surface area contributed by atoms with Crippen LogP contribution in [0.1, 0.15) is 31.7 Å². The van der Waals surface area contributed by atoms with Crippen molar-refractivity contribution in [3.63, 3.8) is 0 Å². The van der Waals surface area contributed by atoms with Crippen LogP contribution in [-0.2, 0) is 6.54 Å². The van der Waals surface area contributed by atoms with E-state index in [1.54, 1.807) is 0 Å². The number of aromatic nitrogens is 3. The van der Waals surface area contributed by atoms with E-state index in [1.165, 1.54) is 19.3 Å². The van der Waals surface area contributed by atoms with E-state index < -0.39 is 0 Å². The van der Waals surface area contributed by atoms with Gasteiger partial charge in [-0.05, 0) is 62.2 Å². The zero-order valence-corrected chi connectivity index (χ0v) is 15.0. The molecule has 1 aromatic carbocycles. The summed E-state index contributed by atoms with van der Waals surface area (Å²) in [4.78, 5) is 8.98. The van der Waals surface area contributed by atoms with Crippen molar-refractivity contribution in [1.29, 1.82) is 0 Å². The number of pyridine rings is 1. The van der Waals surface area contributed by atoms with Crippen LogP contribution in [0.25, 0.3) is 16.9 Å². The molecule has 0 radical (unpaired) electrons. The molecule has 1 saturated carbocycles. The summed E-state index contributed by atoms with van der Waals surface area (Å²) >= 11 is 5.39. The SMILES string of the molecule is CC1(NC(=S)NCc2ccc(-n3cnc4ccccc43)nc2)CCC1. The van der Waals surface area contributed by atoms with Crippen LogP contribution >= 0.6 is 12.2 Å². The Morgan fingerprint density at radius 2 is 2.04 bits per heavy atom. The van der Waals surface area contributed by atoms with Crippen LogP contribution < -0.4 is 10.6 Å². The van der Waals surface area contributed by atoms with E-state index in [0.717, 1.165) is 22.4 Å². The van der Waals surface area contributed by atoms with Gasteiger partial charge in [-0.15, -0.1) is 0 Å². The molecule has 2 N–H and O–H groups in total. The van der Waals surface area contributed by atoms with Crippen molar-refractivity contribution < 1.29 is 0 Å². The number of nitrogens with one attached hydrogen (secondary N) is 2. The fourth-order valence-electron chi connectivity index (χ4n) is 3.14. The number of hydrogen-bond acceptors (Lipinski definition) is 3. The first kappa shape index (κ1) is 16.0. The molecular formula is C19H21N5S. The molecule has 5 nitrogen and oxygen atoms in total. The average Bonchev–Trinajstić information content (AvgIpc) is 3.03. The minimum atomic E-state index is 0.175. The Kier molecular flexibility index (Phi) is 4.13. The summed E-state index contributed by atoms with van der Waals surface area (Å²) in [6.07, 6.45) is 7.34. The molecule has 0 saturated heterocycles. The summed E-state index contributed by atoms with van der Waals surface area (Å²) in [5.74, 6) is 0.861. The molecule has 4 rings (SSSR count). The van der Waals surface area contributed by atoms with Gasteiger partial charge in [0.25, 0.3) is 0 Å². The normalized spacial score (nSPS) is 15.6. The van der Waals surface area contributed by atoms with E-state index in [4.69, 9.17) is 12.2 Å². The number of benzene rings is 1. The molecular weight excluding hydrogens is 330 g/mol. The standard InChI is InChI=1S/C19H21N5S/c1-19(9-4-10-19)23-18(25)21-12-14-7-8-17(20-11-14)24-13-22-15-5-2-3-6-16(15)24/h2-3,5-8,11,13H,4,9-10,12H2,1H3,(H2,21,23,25). The quantitative estimate of drug-likeness (QED) is 0.706. The Balaban J connectivity index is 1.41. The molecule has 3 aromatic rings. The van der Waals surface area contributed by atoms with E-state index in [1.807, 2.05) is 47.4 Å². The molecule has 0 amide bonds. The molecule has 1 fully saturated rings. The third-order valence-electron chi connectivity index (χ3n) is 4.83. The molecule has 2 aromatic heterocycles. The summed E-state index contributed by atoms with van der Waals surface area (Å²) < 4.78 is 2.00. The number of nitrogens with zero attached hydrogens (tertiary/aromatic N) is 3. The van der Waals surface area contributed by atoms with Crippen LogP contribution in [0, 0.1) is 0 Å². The molecule has 0 aliphatic heterocycles. The number of fused-ring (bicyclic) bond motifs is 1. The fraction of sp³-hybridized carbons (Fsp3) is 0.316. The van der Waals surface area contributed by atoms with Gasteiger partial charge in [-0.25, -0.2) is 9.97 Å². The van der Waals surface area contributed by atoms with Crippen LogP contribution in [-0.4, -0.2) is 25.2 Å². The van der Waals surface area contributed by atoms with Gasteiger partial charge in [0, 0.05) is 18.3 Å². The van der Waals surface area contributed by atoms with Crippen molar-refractivity contribution in [2.24, 2.45) is 0 Å². The number of imidazole rings is 1. The molecule has 2 heterocycles. The van der Waals surface area contributed by atoms with Gasteiger partial charge in [-0.1, -0.05) is 18.2 Å². The van der Waals surface area contributed by atoms with Crippen molar-refractivity contribution in [2.45, 2.75) is 38.3 Å². The molecule has 6 heteroatoms. The second-order valence-corrected chi connectivity index (χ2v) is 7.26. The molecule has 0 atom stereocenters. The molecule has 25 heavy (non-hydrogen) atoms. The van der Waals surface area contributed by atoms with Crippen molar-refractivity contribution in [3.8, 4) is 5.82 Å². The smallest absolute Gasteiger partial charge is 0.166 e. The monoisotopic (exact) mass is 351 g/mol. The molecule has 0 unspecified atom stereocenters. The third-order valence-corrected chi connectivity index (χ3v) is 5.08. The van der Waals surface area contributed by atoms with Gasteiger partial charge < -0.3 is 10.6 Å². The van der Waals surface area contributed by atoms with Crippen molar-refractivity contribution in [1.82, 2.24) is 25.2 Å². The highest BCUT2D eigenvalue weighted by Crippen LogP contribution is 2.30. The molecule has 0 bridgehead atoms. The van der Waals surface area contributed by atoms with Crippen LogP contribution in [0.4, 0.5) is 0 Å². The van der Waals surface area contributed by atoms with E-state index in [0.29, 0.717) is 11.7 Å². The Hall–Kier alpha value is -2.47. The average molecular weight is 351 g/mol. The maximum absolute atomic E-state index is 5.39. The number of rotatable bonds is 4. The summed E-state index contributed by atoms with van der Waals surface area (Å²) in [7, 11) is 0. The Morgan fingerprint density at radius 3 is 2.76 bits per heavy atom. The van der Waals surface area contributed by atoms with Crippen LogP contribution in [0.3, 0.4) is 0 Å². The lowest BCUT2D eigenvalue weighted by Gasteiger charge is -2.40. The first-order chi connectivity index (χ1) is 12.1. The van der Waals surface area contributed by atoms with Gasteiger partial charge in [0.1, 0.15) is 12.1 Å². The van der Waals surface area contributed by atoms with Gasteiger partial charge in [0.05, 0.1) is 11.0 Å². The fourth-order valence-corrected chi connectivity index (χ4v) is 3.46. The Labute approximate surface area is 152 Å². The highest BCUT2D eigenvalue weighted by molar-refractivity contribution is 7.80. The first-order valence-corrected chi connectivity index (χ1v) is 8.97. The van der Waals surface area contributed by atoms with Gasteiger partial charge in [-0.2, -0.15) is 0 Å². The third kappa shape index (κ3) is 3.35. The number of para-hydroxylation sites is 2. The zero-order valence-electron chi connectivity index (χ0n) is 14.2. The minimum absolute atomic E-state index is 0.175. The predicted octanol–water partition coefficient (Wildman–Crippen LogP) is 3.33. The first-order valence-electron chi connectivity index (χ1n) is 8.56. The Bertz CT molecular complexity index is 896. The molecule has 128 valence electrons. The number of hydrogen-bond donors (Lipinski definition) is 2. The van der Waals surface area contributed by atoms with Crippen LogP contribution in [0.15, 0.2) is 48.9 Å². The molecule has 1 aliphatic rings. The van der Waals surface area contributed by atoms with Crippen LogP contribution in [0.2, 0.25) is 0 Å². The lowest BCUT2D eigenvalue weighted by atomic mass is 9.79. The largest absolute Gasteiger partial charge is 0.359 e. The summed E-state index contributed by atoms with van der Waals surface area (Å²) in [5, 5.41) is 7.39. The van der Waals surface area contributed by atoms with E-state index in [2.05, 4.69) is 33.6 Å². The maximum Gasteiger partial charge on any atom is 0.166 e. The Morgan fingerprint density at radius 1 is 1.20 bits per heavy atom. The lowest BCUT2D eigenvalue weighted by Crippen LogP contribution is -2.53. The van der Waals surface area contributed by atoms with Crippen LogP contribution in [0.5, 0.6) is 0 Å².